The third-order valence-electron chi connectivity index (χ3n) is 2.29. The molecule has 1 unspecified atom stereocenters. The molecule has 8 nitrogen and oxygen atoms in total. The third-order valence-corrected chi connectivity index (χ3v) is 2.29. The van der Waals surface area contributed by atoms with E-state index >= 15 is 0 Å². The first-order chi connectivity index (χ1) is 8.93. The standard InChI is InChI=1S/C11H14N2O6/c1-2-19-11(16)5-9(14)7-12-6-8(13(17)18)3-4-10(12)15/h3-4,6,9,14H,2,5,7H2,1H3. The lowest BCUT2D eigenvalue weighted by Crippen LogP contribution is -2.28. The number of carbonyl (C=O) groups excluding carboxylic acids is 1. The van der Waals surface area contributed by atoms with Gasteiger partial charge in [0.1, 0.15) is 0 Å². The second-order valence-electron chi connectivity index (χ2n) is 3.80. The Morgan fingerprint density at radius 2 is 2.26 bits per heavy atom. The summed E-state index contributed by atoms with van der Waals surface area (Å²) in [6, 6.07) is 2.12. The van der Waals surface area contributed by atoms with Crippen LogP contribution in [0.1, 0.15) is 13.3 Å². The van der Waals surface area contributed by atoms with Gasteiger partial charge in [-0.2, -0.15) is 0 Å². The summed E-state index contributed by atoms with van der Waals surface area (Å²) in [6.45, 7) is 1.62. The topological polar surface area (TPSA) is 112 Å². The van der Waals surface area contributed by atoms with Gasteiger partial charge in [0.2, 0.25) is 0 Å². The number of hydrogen-bond donors (Lipinski definition) is 1. The van der Waals surface area contributed by atoms with Crippen LogP contribution in [0.4, 0.5) is 5.69 Å². The van der Waals surface area contributed by atoms with Gasteiger partial charge >= 0.3 is 5.97 Å². The number of aliphatic hydroxyl groups is 1. The van der Waals surface area contributed by atoms with Crippen molar-refractivity contribution in [2.45, 2.75) is 26.0 Å². The molecule has 19 heavy (non-hydrogen) atoms. The number of aliphatic hydroxyl groups excluding tert-OH is 1. The molecule has 1 aromatic heterocycles. The summed E-state index contributed by atoms with van der Waals surface area (Å²) in [7, 11) is 0. The zero-order valence-corrected chi connectivity index (χ0v) is 10.3. The first-order valence-electron chi connectivity index (χ1n) is 5.62. The number of pyridine rings is 1. The van der Waals surface area contributed by atoms with Crippen molar-refractivity contribution < 1.29 is 19.6 Å². The van der Waals surface area contributed by atoms with Crippen LogP contribution in [0.2, 0.25) is 0 Å². The van der Waals surface area contributed by atoms with E-state index in [0.29, 0.717) is 0 Å². The van der Waals surface area contributed by atoms with Gasteiger partial charge in [0.15, 0.2) is 0 Å². The molecule has 1 N–H and O–H groups in total. The average Bonchev–Trinajstić information content (AvgIpc) is 2.31. The first-order valence-corrected chi connectivity index (χ1v) is 5.62. The lowest BCUT2D eigenvalue weighted by molar-refractivity contribution is -0.385. The number of nitrogens with zero attached hydrogens (tertiary/aromatic N) is 2. The van der Waals surface area contributed by atoms with E-state index in [2.05, 4.69) is 4.74 Å². The number of esters is 1. The highest BCUT2D eigenvalue weighted by Gasteiger charge is 2.15. The van der Waals surface area contributed by atoms with Gasteiger partial charge in [-0.05, 0) is 6.92 Å². The molecule has 1 aromatic rings. The molecule has 8 heteroatoms. The number of aromatic nitrogens is 1. The van der Waals surface area contributed by atoms with Crippen LogP contribution in [-0.4, -0.2) is 33.3 Å². The summed E-state index contributed by atoms with van der Waals surface area (Å²) < 4.78 is 5.64. The molecule has 0 fully saturated rings. The van der Waals surface area contributed by atoms with Gasteiger partial charge in [-0.3, -0.25) is 19.7 Å². The highest BCUT2D eigenvalue weighted by molar-refractivity contribution is 5.69. The number of rotatable bonds is 6. The molecular weight excluding hydrogens is 256 g/mol. The number of carbonyl (C=O) groups is 1. The second-order valence-corrected chi connectivity index (χ2v) is 3.80. The van der Waals surface area contributed by atoms with Gasteiger partial charge < -0.3 is 14.4 Å². The van der Waals surface area contributed by atoms with E-state index in [0.717, 1.165) is 22.9 Å². The Morgan fingerprint density at radius 1 is 1.58 bits per heavy atom. The van der Waals surface area contributed by atoms with Crippen LogP contribution in [-0.2, 0) is 16.1 Å². The Labute approximate surface area is 108 Å². The van der Waals surface area contributed by atoms with E-state index < -0.39 is 22.6 Å². The van der Waals surface area contributed by atoms with Crippen LogP contribution in [0.3, 0.4) is 0 Å². The zero-order chi connectivity index (χ0) is 14.4. The van der Waals surface area contributed by atoms with Crippen LogP contribution in [0.15, 0.2) is 23.1 Å². The van der Waals surface area contributed by atoms with Gasteiger partial charge in [0, 0.05) is 12.1 Å². The molecule has 0 aliphatic rings. The average molecular weight is 270 g/mol. The highest BCUT2D eigenvalue weighted by atomic mass is 16.6. The number of nitro groups is 1. The fourth-order valence-corrected chi connectivity index (χ4v) is 1.47. The third kappa shape index (κ3) is 4.51. The van der Waals surface area contributed by atoms with Crippen molar-refractivity contribution >= 4 is 11.7 Å². The Morgan fingerprint density at radius 3 is 2.84 bits per heavy atom. The van der Waals surface area contributed by atoms with Gasteiger partial charge in [-0.1, -0.05) is 0 Å². The minimum atomic E-state index is -1.14. The van der Waals surface area contributed by atoms with Crippen molar-refractivity contribution in [1.29, 1.82) is 0 Å². The molecule has 0 spiro atoms. The molecule has 0 amide bonds. The zero-order valence-electron chi connectivity index (χ0n) is 10.3. The van der Waals surface area contributed by atoms with Crippen LogP contribution in [0.25, 0.3) is 0 Å². The monoisotopic (exact) mass is 270 g/mol. The van der Waals surface area contributed by atoms with Crippen molar-refractivity contribution in [3.8, 4) is 0 Å². The SMILES string of the molecule is CCOC(=O)CC(O)Cn1cc([N+](=O)[O-])ccc1=O. The fraction of sp³-hybridized carbons (Fsp3) is 0.455. The van der Waals surface area contributed by atoms with Crippen molar-refractivity contribution in [2.75, 3.05) is 6.61 Å². The van der Waals surface area contributed by atoms with Crippen LogP contribution >= 0.6 is 0 Å². The second kappa shape index (κ2) is 6.64. The summed E-state index contributed by atoms with van der Waals surface area (Å²) in [5.41, 5.74) is -0.753. The molecule has 0 aliphatic carbocycles. The molecule has 104 valence electrons. The summed E-state index contributed by atoms with van der Waals surface area (Å²) in [4.78, 5) is 32.5. The van der Waals surface area contributed by atoms with Crippen molar-refractivity contribution in [2.24, 2.45) is 0 Å². The van der Waals surface area contributed by atoms with Gasteiger partial charge in [-0.15, -0.1) is 0 Å². The Balaban J connectivity index is 2.76. The van der Waals surface area contributed by atoms with E-state index in [1.165, 1.54) is 0 Å². The minimum absolute atomic E-state index is 0.197. The summed E-state index contributed by atoms with van der Waals surface area (Å²) in [5.74, 6) is -0.589. The van der Waals surface area contributed by atoms with Gasteiger partial charge in [0.25, 0.3) is 11.2 Å². The molecule has 0 aliphatic heterocycles. The molecule has 1 heterocycles. The largest absolute Gasteiger partial charge is 0.466 e. The van der Waals surface area contributed by atoms with Crippen LogP contribution in [0, 0.1) is 10.1 Å². The quantitative estimate of drug-likeness (QED) is 0.445. The Hall–Kier alpha value is -2.22. The molecule has 0 aromatic carbocycles. The molecule has 1 atom stereocenters. The minimum Gasteiger partial charge on any atom is -0.466 e. The highest BCUT2D eigenvalue weighted by Crippen LogP contribution is 2.07. The van der Waals surface area contributed by atoms with Crippen molar-refractivity contribution in [3.05, 3.63) is 38.8 Å². The van der Waals surface area contributed by atoms with Crippen molar-refractivity contribution in [3.63, 3.8) is 0 Å². The maximum absolute atomic E-state index is 11.5. The maximum atomic E-state index is 11.5. The molecular formula is C11H14N2O6. The lowest BCUT2D eigenvalue weighted by Gasteiger charge is -2.11. The summed E-state index contributed by atoms with van der Waals surface area (Å²) >= 11 is 0. The van der Waals surface area contributed by atoms with Crippen LogP contribution < -0.4 is 5.56 Å². The van der Waals surface area contributed by atoms with Crippen LogP contribution in [0.5, 0.6) is 0 Å². The Bertz CT molecular complexity index is 524. The van der Waals surface area contributed by atoms with Gasteiger partial charge in [-0.25, -0.2) is 0 Å². The smallest absolute Gasteiger partial charge is 0.308 e. The Kier molecular flexibility index (Phi) is 5.19. The van der Waals surface area contributed by atoms with E-state index in [9.17, 15) is 24.8 Å². The fourth-order valence-electron chi connectivity index (χ4n) is 1.47. The first kappa shape index (κ1) is 14.8. The molecule has 1 rings (SSSR count). The predicted molar refractivity (Wildman–Crippen MR) is 64.6 cm³/mol. The molecule has 0 radical (unpaired) electrons. The van der Waals surface area contributed by atoms with E-state index in [1.54, 1.807) is 6.92 Å². The van der Waals surface area contributed by atoms with Gasteiger partial charge in [0.05, 0.1) is 36.8 Å². The summed E-state index contributed by atoms with van der Waals surface area (Å²) in [6.07, 6.45) is -0.390. The van der Waals surface area contributed by atoms with E-state index in [-0.39, 0.29) is 25.3 Å². The summed E-state index contributed by atoms with van der Waals surface area (Å²) in [5, 5.41) is 20.2. The predicted octanol–water partition coefficient (Wildman–Crippen LogP) is 0.0706. The molecule has 0 saturated carbocycles. The normalized spacial score (nSPS) is 11.9. The van der Waals surface area contributed by atoms with E-state index in [4.69, 9.17) is 0 Å². The lowest BCUT2D eigenvalue weighted by atomic mass is 10.2. The van der Waals surface area contributed by atoms with E-state index in [1.807, 2.05) is 0 Å². The molecule has 0 bridgehead atoms. The maximum Gasteiger partial charge on any atom is 0.308 e. The number of hydrogen-bond acceptors (Lipinski definition) is 6. The molecule has 0 saturated heterocycles. The van der Waals surface area contributed by atoms with Crippen molar-refractivity contribution in [1.82, 2.24) is 4.57 Å². The number of ether oxygens (including phenoxy) is 1.